The highest BCUT2D eigenvalue weighted by Gasteiger charge is 2.27. The molecule has 0 spiro atoms. The molecule has 0 bridgehead atoms. The van der Waals surface area contributed by atoms with Gasteiger partial charge in [0.05, 0.1) is 18.9 Å². The summed E-state index contributed by atoms with van der Waals surface area (Å²) in [6.45, 7) is 6.16. The van der Waals surface area contributed by atoms with Gasteiger partial charge in [-0.05, 0) is 18.8 Å². The number of carbonyl (C=O) groups excluding carboxylic acids is 1. The highest BCUT2D eigenvalue weighted by atomic mass is 16.5. The zero-order valence-corrected chi connectivity index (χ0v) is 11.2. The van der Waals surface area contributed by atoms with Crippen molar-refractivity contribution in [2.75, 3.05) is 26.3 Å². The zero-order valence-electron chi connectivity index (χ0n) is 11.2. The summed E-state index contributed by atoms with van der Waals surface area (Å²) >= 11 is 0. The number of carboxylic acids is 1. The van der Waals surface area contributed by atoms with Gasteiger partial charge in [0.1, 0.15) is 0 Å². The second-order valence-electron chi connectivity index (χ2n) is 5.24. The molecule has 18 heavy (non-hydrogen) atoms. The van der Waals surface area contributed by atoms with Crippen LogP contribution in [0.1, 0.15) is 33.1 Å². The Morgan fingerprint density at radius 3 is 2.67 bits per heavy atom. The van der Waals surface area contributed by atoms with Gasteiger partial charge < -0.3 is 14.7 Å². The van der Waals surface area contributed by atoms with Gasteiger partial charge in [-0.1, -0.05) is 13.8 Å². The van der Waals surface area contributed by atoms with Crippen LogP contribution in [0.2, 0.25) is 0 Å². The molecule has 1 aliphatic rings. The molecule has 1 atom stereocenters. The standard InChI is InChI=1S/C13H23NO4/c1-10(2)8-14(6-5-12(15)16)13(17)11-4-3-7-18-9-11/h10-11H,3-9H2,1-2H3,(H,15,16). The molecule has 0 aromatic heterocycles. The summed E-state index contributed by atoms with van der Waals surface area (Å²) in [5.41, 5.74) is 0. The predicted molar refractivity (Wildman–Crippen MR) is 67.2 cm³/mol. The van der Waals surface area contributed by atoms with Gasteiger partial charge in [-0.25, -0.2) is 0 Å². The molecule has 1 N–H and O–H groups in total. The van der Waals surface area contributed by atoms with Crippen molar-refractivity contribution in [3.05, 3.63) is 0 Å². The van der Waals surface area contributed by atoms with Gasteiger partial charge in [0.2, 0.25) is 5.91 Å². The van der Waals surface area contributed by atoms with Crippen LogP contribution < -0.4 is 0 Å². The van der Waals surface area contributed by atoms with E-state index in [-0.39, 0.29) is 18.2 Å². The van der Waals surface area contributed by atoms with Crippen molar-refractivity contribution in [3.63, 3.8) is 0 Å². The van der Waals surface area contributed by atoms with E-state index in [2.05, 4.69) is 0 Å². The first-order valence-corrected chi connectivity index (χ1v) is 6.59. The second-order valence-corrected chi connectivity index (χ2v) is 5.24. The van der Waals surface area contributed by atoms with Gasteiger partial charge in [0.15, 0.2) is 0 Å². The summed E-state index contributed by atoms with van der Waals surface area (Å²) < 4.78 is 5.32. The van der Waals surface area contributed by atoms with Crippen molar-refractivity contribution < 1.29 is 19.4 Å². The minimum Gasteiger partial charge on any atom is -0.481 e. The van der Waals surface area contributed by atoms with Gasteiger partial charge in [-0.15, -0.1) is 0 Å². The number of rotatable bonds is 6. The zero-order chi connectivity index (χ0) is 13.5. The van der Waals surface area contributed by atoms with Crippen LogP contribution in [0, 0.1) is 11.8 Å². The number of ether oxygens (including phenoxy) is 1. The maximum absolute atomic E-state index is 12.3. The predicted octanol–water partition coefficient (Wildman–Crippen LogP) is 1.37. The maximum Gasteiger partial charge on any atom is 0.305 e. The molecule has 1 fully saturated rings. The van der Waals surface area contributed by atoms with E-state index in [1.54, 1.807) is 4.90 Å². The molecule has 1 heterocycles. The lowest BCUT2D eigenvalue weighted by Gasteiger charge is -2.30. The molecular formula is C13H23NO4. The fourth-order valence-electron chi connectivity index (χ4n) is 2.16. The summed E-state index contributed by atoms with van der Waals surface area (Å²) in [4.78, 5) is 24.6. The van der Waals surface area contributed by atoms with Crippen LogP contribution in [0.3, 0.4) is 0 Å². The Bertz CT molecular complexity index is 285. The summed E-state index contributed by atoms with van der Waals surface area (Å²) in [5.74, 6) is -0.570. The second kappa shape index (κ2) is 7.36. The number of nitrogens with zero attached hydrogens (tertiary/aromatic N) is 1. The van der Waals surface area contributed by atoms with Crippen molar-refractivity contribution in [2.45, 2.75) is 33.1 Å². The largest absolute Gasteiger partial charge is 0.481 e. The molecule has 0 aliphatic carbocycles. The molecule has 1 aliphatic heterocycles. The van der Waals surface area contributed by atoms with Crippen molar-refractivity contribution >= 4 is 11.9 Å². The molecule has 0 aromatic carbocycles. The van der Waals surface area contributed by atoms with Gasteiger partial charge in [-0.3, -0.25) is 9.59 Å². The Labute approximate surface area is 108 Å². The topological polar surface area (TPSA) is 66.8 Å². The Kier molecular flexibility index (Phi) is 6.12. The fourth-order valence-corrected chi connectivity index (χ4v) is 2.16. The lowest BCUT2D eigenvalue weighted by Crippen LogP contribution is -2.42. The monoisotopic (exact) mass is 257 g/mol. The number of carbonyl (C=O) groups is 2. The quantitative estimate of drug-likeness (QED) is 0.780. The highest BCUT2D eigenvalue weighted by molar-refractivity contribution is 5.79. The van der Waals surface area contributed by atoms with Gasteiger partial charge in [0.25, 0.3) is 0 Å². The van der Waals surface area contributed by atoms with Gasteiger partial charge in [0, 0.05) is 19.7 Å². The van der Waals surface area contributed by atoms with E-state index >= 15 is 0 Å². The smallest absolute Gasteiger partial charge is 0.305 e. The van der Waals surface area contributed by atoms with Crippen LogP contribution in [0.5, 0.6) is 0 Å². The van der Waals surface area contributed by atoms with Crippen molar-refractivity contribution in [2.24, 2.45) is 11.8 Å². The van der Waals surface area contributed by atoms with E-state index < -0.39 is 5.97 Å². The minimum atomic E-state index is -0.864. The lowest BCUT2D eigenvalue weighted by molar-refractivity contribution is -0.142. The SMILES string of the molecule is CC(C)CN(CCC(=O)O)C(=O)C1CCCOC1. The summed E-state index contributed by atoms with van der Waals surface area (Å²) in [6, 6.07) is 0. The van der Waals surface area contributed by atoms with Crippen LogP contribution in [-0.2, 0) is 14.3 Å². The first-order chi connectivity index (χ1) is 8.50. The van der Waals surface area contributed by atoms with E-state index in [1.165, 1.54) is 0 Å². The number of hydrogen-bond donors (Lipinski definition) is 1. The van der Waals surface area contributed by atoms with E-state index in [4.69, 9.17) is 9.84 Å². The molecule has 0 radical (unpaired) electrons. The van der Waals surface area contributed by atoms with E-state index in [0.717, 1.165) is 19.4 Å². The van der Waals surface area contributed by atoms with Crippen LogP contribution in [-0.4, -0.2) is 48.2 Å². The molecule has 5 heteroatoms. The van der Waals surface area contributed by atoms with Crippen molar-refractivity contribution in [3.8, 4) is 0 Å². The van der Waals surface area contributed by atoms with Crippen LogP contribution in [0.4, 0.5) is 0 Å². The average molecular weight is 257 g/mol. The Morgan fingerprint density at radius 1 is 1.44 bits per heavy atom. The highest BCUT2D eigenvalue weighted by Crippen LogP contribution is 2.17. The maximum atomic E-state index is 12.3. The Hall–Kier alpha value is -1.10. The first-order valence-electron chi connectivity index (χ1n) is 6.59. The molecule has 0 saturated carbocycles. The Balaban J connectivity index is 2.55. The van der Waals surface area contributed by atoms with Crippen LogP contribution >= 0.6 is 0 Å². The molecule has 104 valence electrons. The summed E-state index contributed by atoms with van der Waals surface area (Å²) in [5, 5.41) is 8.73. The molecular weight excluding hydrogens is 234 g/mol. The average Bonchev–Trinajstić information content (AvgIpc) is 2.34. The molecule has 0 aromatic rings. The minimum absolute atomic E-state index is 0.00599. The lowest BCUT2D eigenvalue weighted by atomic mass is 10.00. The normalized spacial score (nSPS) is 19.8. The van der Waals surface area contributed by atoms with Crippen LogP contribution in [0.25, 0.3) is 0 Å². The third-order valence-corrected chi connectivity index (χ3v) is 3.00. The molecule has 1 rings (SSSR count). The molecule has 5 nitrogen and oxygen atoms in total. The van der Waals surface area contributed by atoms with Gasteiger partial charge >= 0.3 is 5.97 Å². The summed E-state index contributed by atoms with van der Waals surface area (Å²) in [6.07, 6.45) is 1.76. The molecule has 1 saturated heterocycles. The third-order valence-electron chi connectivity index (χ3n) is 3.00. The number of amides is 1. The first kappa shape index (κ1) is 15.0. The summed E-state index contributed by atoms with van der Waals surface area (Å²) in [7, 11) is 0. The van der Waals surface area contributed by atoms with Crippen molar-refractivity contribution in [1.82, 2.24) is 4.90 Å². The number of hydrogen-bond acceptors (Lipinski definition) is 3. The third kappa shape index (κ3) is 5.04. The van der Waals surface area contributed by atoms with Gasteiger partial charge in [-0.2, -0.15) is 0 Å². The van der Waals surface area contributed by atoms with E-state index in [9.17, 15) is 9.59 Å². The Morgan fingerprint density at radius 2 is 2.17 bits per heavy atom. The number of carboxylic acid groups (broad SMARTS) is 1. The number of aliphatic carboxylic acids is 1. The molecule has 1 unspecified atom stereocenters. The molecule has 1 amide bonds. The van der Waals surface area contributed by atoms with Crippen molar-refractivity contribution in [1.29, 1.82) is 0 Å². The van der Waals surface area contributed by atoms with Crippen LogP contribution in [0.15, 0.2) is 0 Å². The fraction of sp³-hybridized carbons (Fsp3) is 0.846. The van der Waals surface area contributed by atoms with E-state index in [1.807, 2.05) is 13.8 Å². The van der Waals surface area contributed by atoms with E-state index in [0.29, 0.717) is 25.6 Å².